The van der Waals surface area contributed by atoms with E-state index in [2.05, 4.69) is 17.3 Å². The first-order valence-electron chi connectivity index (χ1n) is 6.53. The monoisotopic (exact) mass is 277 g/mol. The van der Waals surface area contributed by atoms with Crippen LogP contribution in [0, 0.1) is 0 Å². The Labute approximate surface area is 117 Å². The molecule has 0 aliphatic rings. The van der Waals surface area contributed by atoms with Crippen molar-refractivity contribution in [2.75, 3.05) is 0 Å². The van der Waals surface area contributed by atoms with Crippen molar-refractivity contribution in [3.05, 3.63) is 45.9 Å². The van der Waals surface area contributed by atoms with Crippen LogP contribution in [0.5, 0.6) is 5.75 Å². The molecule has 0 saturated carbocycles. The molecule has 2 rings (SSSR count). The summed E-state index contributed by atoms with van der Waals surface area (Å²) in [5.74, 6) is 0.800. The van der Waals surface area contributed by atoms with Gasteiger partial charge in [0.1, 0.15) is 12.4 Å². The van der Waals surface area contributed by atoms with Gasteiger partial charge in [0, 0.05) is 5.38 Å². The highest BCUT2D eigenvalue weighted by molar-refractivity contribution is 7.09. The second kappa shape index (κ2) is 6.68. The molecular formula is C15H19NO2S. The first-order valence-corrected chi connectivity index (χ1v) is 7.41. The Balaban J connectivity index is 1.90. The number of rotatable bonds is 6. The van der Waals surface area contributed by atoms with Crippen LogP contribution >= 0.6 is 11.3 Å². The zero-order chi connectivity index (χ0) is 13.7. The van der Waals surface area contributed by atoms with E-state index in [4.69, 9.17) is 4.74 Å². The highest BCUT2D eigenvalue weighted by Crippen LogP contribution is 2.19. The first kappa shape index (κ1) is 14.0. The van der Waals surface area contributed by atoms with Crippen molar-refractivity contribution in [2.24, 2.45) is 0 Å². The molecule has 0 unspecified atom stereocenters. The Kier molecular flexibility index (Phi) is 4.93. The maximum atomic E-state index is 9.43. The van der Waals surface area contributed by atoms with Crippen molar-refractivity contribution in [3.63, 3.8) is 0 Å². The van der Waals surface area contributed by atoms with Gasteiger partial charge in [-0.05, 0) is 37.5 Å². The minimum atomic E-state index is -0.441. The van der Waals surface area contributed by atoms with Gasteiger partial charge >= 0.3 is 0 Å². The predicted molar refractivity (Wildman–Crippen MR) is 77.5 cm³/mol. The van der Waals surface area contributed by atoms with Crippen molar-refractivity contribution in [2.45, 2.75) is 39.4 Å². The van der Waals surface area contributed by atoms with Crippen LogP contribution in [0.4, 0.5) is 0 Å². The molecule has 0 bridgehead atoms. The summed E-state index contributed by atoms with van der Waals surface area (Å²) in [6.07, 6.45) is 1.71. The average Bonchev–Trinajstić information content (AvgIpc) is 2.85. The summed E-state index contributed by atoms with van der Waals surface area (Å²) in [4.78, 5) is 4.51. The van der Waals surface area contributed by atoms with Gasteiger partial charge in [-0.2, -0.15) is 0 Å². The molecule has 1 aromatic carbocycles. The molecule has 19 heavy (non-hydrogen) atoms. The minimum absolute atomic E-state index is 0.441. The van der Waals surface area contributed by atoms with Crippen molar-refractivity contribution >= 4 is 11.3 Å². The van der Waals surface area contributed by atoms with Crippen molar-refractivity contribution in [1.29, 1.82) is 0 Å². The molecule has 0 saturated heterocycles. The van der Waals surface area contributed by atoms with Gasteiger partial charge in [0.2, 0.25) is 0 Å². The van der Waals surface area contributed by atoms with Gasteiger partial charge in [-0.3, -0.25) is 0 Å². The van der Waals surface area contributed by atoms with Crippen LogP contribution in [0.25, 0.3) is 0 Å². The van der Waals surface area contributed by atoms with E-state index in [1.54, 1.807) is 18.3 Å². The number of aromatic nitrogens is 1. The standard InChI is InChI=1S/C15H19NO2S/c1-3-4-15-16-13(10-19-15)9-18-14-7-5-12(6-8-14)11(2)17/h5-8,10-11,17H,3-4,9H2,1-2H3/t11-/m1/s1. The number of aliphatic hydroxyl groups excluding tert-OH is 1. The molecule has 0 spiro atoms. The highest BCUT2D eigenvalue weighted by Gasteiger charge is 2.04. The molecule has 1 heterocycles. The molecule has 0 fully saturated rings. The quantitative estimate of drug-likeness (QED) is 0.875. The van der Waals surface area contributed by atoms with Crippen molar-refractivity contribution < 1.29 is 9.84 Å². The molecule has 1 aromatic heterocycles. The van der Waals surface area contributed by atoms with Crippen LogP contribution in [-0.4, -0.2) is 10.1 Å². The maximum absolute atomic E-state index is 9.43. The molecule has 0 radical (unpaired) electrons. The van der Waals surface area contributed by atoms with Crippen LogP contribution in [0.3, 0.4) is 0 Å². The molecule has 3 nitrogen and oxygen atoms in total. The van der Waals surface area contributed by atoms with E-state index in [9.17, 15) is 5.11 Å². The third-order valence-electron chi connectivity index (χ3n) is 2.81. The average molecular weight is 277 g/mol. The summed E-state index contributed by atoms with van der Waals surface area (Å²) in [5, 5.41) is 12.6. The summed E-state index contributed by atoms with van der Waals surface area (Å²) in [5.41, 5.74) is 1.87. The summed E-state index contributed by atoms with van der Waals surface area (Å²) < 4.78 is 5.68. The van der Waals surface area contributed by atoms with Crippen molar-refractivity contribution in [3.8, 4) is 5.75 Å². The number of hydrogen-bond acceptors (Lipinski definition) is 4. The number of hydrogen-bond donors (Lipinski definition) is 1. The Morgan fingerprint density at radius 1 is 1.32 bits per heavy atom. The minimum Gasteiger partial charge on any atom is -0.487 e. The van der Waals surface area contributed by atoms with Gasteiger partial charge in [0.25, 0.3) is 0 Å². The molecule has 2 aromatic rings. The van der Waals surface area contributed by atoms with Gasteiger partial charge in [-0.1, -0.05) is 19.1 Å². The topological polar surface area (TPSA) is 42.4 Å². The second-order valence-electron chi connectivity index (χ2n) is 4.52. The number of aryl methyl sites for hydroxylation is 1. The van der Waals surface area contributed by atoms with Crippen LogP contribution in [0.15, 0.2) is 29.6 Å². The van der Waals surface area contributed by atoms with E-state index in [-0.39, 0.29) is 0 Å². The highest BCUT2D eigenvalue weighted by atomic mass is 32.1. The zero-order valence-electron chi connectivity index (χ0n) is 11.3. The second-order valence-corrected chi connectivity index (χ2v) is 5.46. The van der Waals surface area contributed by atoms with Gasteiger partial charge in [0.05, 0.1) is 16.8 Å². The van der Waals surface area contributed by atoms with Crippen LogP contribution in [-0.2, 0) is 13.0 Å². The van der Waals surface area contributed by atoms with E-state index in [1.807, 2.05) is 24.3 Å². The lowest BCUT2D eigenvalue weighted by atomic mass is 10.1. The molecule has 1 atom stereocenters. The van der Waals surface area contributed by atoms with E-state index in [0.717, 1.165) is 29.8 Å². The predicted octanol–water partition coefficient (Wildman–Crippen LogP) is 3.73. The van der Waals surface area contributed by atoms with Gasteiger partial charge in [0.15, 0.2) is 0 Å². The van der Waals surface area contributed by atoms with Crippen LogP contribution in [0.2, 0.25) is 0 Å². The maximum Gasteiger partial charge on any atom is 0.131 e. The fraction of sp³-hybridized carbons (Fsp3) is 0.400. The lowest BCUT2D eigenvalue weighted by Crippen LogP contribution is -1.97. The molecule has 4 heteroatoms. The fourth-order valence-corrected chi connectivity index (χ4v) is 2.63. The molecule has 0 amide bonds. The Hall–Kier alpha value is -1.39. The van der Waals surface area contributed by atoms with Crippen LogP contribution < -0.4 is 4.74 Å². The Morgan fingerprint density at radius 3 is 2.68 bits per heavy atom. The van der Waals surface area contributed by atoms with Gasteiger partial charge < -0.3 is 9.84 Å². The summed E-state index contributed by atoms with van der Waals surface area (Å²) in [6.45, 7) is 4.40. The van der Waals surface area contributed by atoms with Crippen molar-refractivity contribution in [1.82, 2.24) is 4.98 Å². The molecular weight excluding hydrogens is 258 g/mol. The summed E-state index contributed by atoms with van der Waals surface area (Å²) in [7, 11) is 0. The number of benzene rings is 1. The van der Waals surface area contributed by atoms with E-state index >= 15 is 0 Å². The van der Waals surface area contributed by atoms with E-state index < -0.39 is 6.10 Å². The SMILES string of the molecule is CCCc1nc(COc2ccc([C@@H](C)O)cc2)cs1. The fourth-order valence-electron chi connectivity index (χ4n) is 1.74. The largest absolute Gasteiger partial charge is 0.487 e. The smallest absolute Gasteiger partial charge is 0.131 e. The van der Waals surface area contributed by atoms with E-state index in [1.165, 1.54) is 5.01 Å². The summed E-state index contributed by atoms with van der Waals surface area (Å²) >= 11 is 1.69. The lowest BCUT2D eigenvalue weighted by molar-refractivity contribution is 0.199. The van der Waals surface area contributed by atoms with Gasteiger partial charge in [-0.15, -0.1) is 11.3 Å². The number of nitrogens with zero attached hydrogens (tertiary/aromatic N) is 1. The third-order valence-corrected chi connectivity index (χ3v) is 3.77. The zero-order valence-corrected chi connectivity index (χ0v) is 12.1. The Morgan fingerprint density at radius 2 is 2.05 bits per heavy atom. The lowest BCUT2D eigenvalue weighted by Gasteiger charge is -2.07. The number of thiazole rings is 1. The van der Waals surface area contributed by atoms with E-state index in [0.29, 0.717) is 6.61 Å². The number of ether oxygens (including phenoxy) is 1. The normalized spacial score (nSPS) is 12.4. The molecule has 1 N–H and O–H groups in total. The third kappa shape index (κ3) is 4.04. The van der Waals surface area contributed by atoms with Crippen LogP contribution in [0.1, 0.15) is 42.6 Å². The molecule has 0 aliphatic carbocycles. The Bertz CT molecular complexity index is 505. The van der Waals surface area contributed by atoms with Gasteiger partial charge in [-0.25, -0.2) is 4.98 Å². The number of aliphatic hydroxyl groups is 1. The molecule has 0 aliphatic heterocycles. The summed E-state index contributed by atoms with van der Waals surface area (Å²) in [6, 6.07) is 7.51. The first-order chi connectivity index (χ1) is 9.19. The molecule has 102 valence electrons.